The Morgan fingerprint density at radius 3 is 2.48 bits per heavy atom. The lowest BCUT2D eigenvalue weighted by molar-refractivity contribution is -0.141. The predicted octanol–water partition coefficient (Wildman–Crippen LogP) is 1.71. The van der Waals surface area contributed by atoms with Gasteiger partial charge < -0.3 is 10.0 Å². The molecule has 1 aliphatic rings. The lowest BCUT2D eigenvalue weighted by Crippen LogP contribution is -2.40. The Morgan fingerprint density at radius 2 is 1.92 bits per heavy atom. The molecule has 1 saturated heterocycles. The van der Waals surface area contributed by atoms with Gasteiger partial charge in [-0.25, -0.2) is 13.2 Å². The van der Waals surface area contributed by atoms with Gasteiger partial charge in [-0.15, -0.1) is 0 Å². The minimum atomic E-state index is -3.69. The molecule has 0 aliphatic carbocycles. The maximum atomic E-state index is 12.8. The number of carbonyl (C=O) groups excluding carboxylic acids is 1. The van der Waals surface area contributed by atoms with Gasteiger partial charge in [-0.3, -0.25) is 4.79 Å². The van der Waals surface area contributed by atoms with Crippen LogP contribution in [0.1, 0.15) is 42.6 Å². The molecule has 1 atom stereocenters. The zero-order valence-corrected chi connectivity index (χ0v) is 15.5. The molecule has 0 radical (unpaired) electrons. The molecule has 1 heterocycles. The minimum absolute atomic E-state index is 0.0909. The van der Waals surface area contributed by atoms with E-state index in [-0.39, 0.29) is 10.5 Å². The number of carboxylic acid groups (broad SMARTS) is 1. The molecule has 1 aromatic rings. The van der Waals surface area contributed by atoms with Gasteiger partial charge in [0, 0.05) is 25.2 Å². The van der Waals surface area contributed by atoms with E-state index in [0.29, 0.717) is 38.0 Å². The van der Waals surface area contributed by atoms with E-state index in [1.165, 1.54) is 15.3 Å². The van der Waals surface area contributed by atoms with Gasteiger partial charge in [0.1, 0.15) is 6.04 Å². The Kier molecular flexibility index (Phi) is 5.84. The van der Waals surface area contributed by atoms with Gasteiger partial charge in [0.15, 0.2) is 0 Å². The second-order valence-electron chi connectivity index (χ2n) is 6.06. The number of carbonyl (C=O) groups is 2. The number of nitrogens with zero attached hydrogens (tertiary/aromatic N) is 2. The third kappa shape index (κ3) is 3.69. The molecule has 0 bridgehead atoms. The Hall–Kier alpha value is -1.93. The van der Waals surface area contributed by atoms with Crippen molar-refractivity contribution in [3.8, 4) is 0 Å². The number of aryl methyl sites for hydroxylation is 1. The Balaban J connectivity index is 2.42. The molecule has 0 saturated carbocycles. The number of aliphatic carboxylic acids is 1. The minimum Gasteiger partial charge on any atom is -0.480 e. The zero-order valence-electron chi connectivity index (χ0n) is 14.7. The van der Waals surface area contributed by atoms with Crippen molar-refractivity contribution in [3.05, 3.63) is 29.3 Å². The predicted molar refractivity (Wildman–Crippen MR) is 93.0 cm³/mol. The van der Waals surface area contributed by atoms with Gasteiger partial charge in [-0.2, -0.15) is 4.31 Å². The summed E-state index contributed by atoms with van der Waals surface area (Å²) >= 11 is 0. The second-order valence-corrected chi connectivity index (χ2v) is 7.97. The maximum absolute atomic E-state index is 12.8. The fraction of sp³-hybridized carbons (Fsp3) is 0.529. The molecule has 1 fully saturated rings. The SMILES string of the molecule is CCN(CC)S(=O)(=O)c1cc(C(=O)N2CCC[C@H]2C(=O)O)ccc1C. The Labute approximate surface area is 148 Å². The van der Waals surface area contributed by atoms with E-state index in [1.54, 1.807) is 32.9 Å². The normalized spacial score (nSPS) is 17.9. The van der Waals surface area contributed by atoms with Crippen molar-refractivity contribution in [3.63, 3.8) is 0 Å². The molecular weight excluding hydrogens is 344 g/mol. The van der Waals surface area contributed by atoms with E-state index in [2.05, 4.69) is 0 Å². The fourth-order valence-electron chi connectivity index (χ4n) is 3.15. The highest BCUT2D eigenvalue weighted by Gasteiger charge is 2.35. The summed E-state index contributed by atoms with van der Waals surface area (Å²) in [6.07, 6.45) is 1.04. The summed E-state index contributed by atoms with van der Waals surface area (Å²) in [7, 11) is -3.69. The molecule has 1 aromatic carbocycles. The van der Waals surface area contributed by atoms with Crippen LogP contribution < -0.4 is 0 Å². The number of likely N-dealkylation sites (tertiary alicyclic amines) is 1. The lowest BCUT2D eigenvalue weighted by atomic mass is 10.1. The number of hydrogen-bond acceptors (Lipinski definition) is 4. The fourth-order valence-corrected chi connectivity index (χ4v) is 4.85. The molecule has 8 heteroatoms. The van der Waals surface area contributed by atoms with E-state index in [1.807, 2.05) is 0 Å². The van der Waals surface area contributed by atoms with Crippen LogP contribution in [-0.4, -0.2) is 60.3 Å². The first-order valence-electron chi connectivity index (χ1n) is 8.38. The number of amides is 1. The summed E-state index contributed by atoms with van der Waals surface area (Å²) in [5, 5.41) is 9.25. The van der Waals surface area contributed by atoms with Crippen molar-refractivity contribution >= 4 is 21.9 Å². The third-order valence-corrected chi connectivity index (χ3v) is 6.75. The van der Waals surface area contributed by atoms with Gasteiger partial charge in [-0.05, 0) is 37.5 Å². The molecule has 1 amide bonds. The Bertz CT molecular complexity index is 771. The quantitative estimate of drug-likeness (QED) is 0.825. The summed E-state index contributed by atoms with van der Waals surface area (Å²) in [5.74, 6) is -1.48. The van der Waals surface area contributed by atoms with Crippen LogP contribution in [0.3, 0.4) is 0 Å². The smallest absolute Gasteiger partial charge is 0.326 e. The van der Waals surface area contributed by atoms with Gasteiger partial charge in [-0.1, -0.05) is 19.9 Å². The highest BCUT2D eigenvalue weighted by Crippen LogP contribution is 2.25. The number of benzene rings is 1. The standard InChI is InChI=1S/C17H24N2O5S/c1-4-18(5-2)25(23,24)15-11-13(9-8-12(15)3)16(20)19-10-6-7-14(19)17(21)22/h8-9,11,14H,4-7,10H2,1-3H3,(H,21,22)/t14-/m0/s1. The molecule has 0 unspecified atom stereocenters. The summed E-state index contributed by atoms with van der Waals surface area (Å²) in [6, 6.07) is 3.66. The first kappa shape index (κ1) is 19.4. The maximum Gasteiger partial charge on any atom is 0.326 e. The van der Waals surface area contributed by atoms with Crippen LogP contribution in [0.4, 0.5) is 0 Å². The van der Waals surface area contributed by atoms with Gasteiger partial charge in [0.2, 0.25) is 10.0 Å². The molecule has 1 N–H and O–H groups in total. The van der Waals surface area contributed by atoms with Crippen LogP contribution >= 0.6 is 0 Å². The van der Waals surface area contributed by atoms with Crippen LogP contribution in [0, 0.1) is 6.92 Å². The van der Waals surface area contributed by atoms with Crippen LogP contribution in [0.15, 0.2) is 23.1 Å². The molecular formula is C17H24N2O5S. The van der Waals surface area contributed by atoms with E-state index in [0.717, 1.165) is 0 Å². The summed E-state index contributed by atoms with van der Waals surface area (Å²) in [4.78, 5) is 25.4. The van der Waals surface area contributed by atoms with Crippen LogP contribution in [0.25, 0.3) is 0 Å². The molecule has 1 aliphatic heterocycles. The van der Waals surface area contributed by atoms with Crippen molar-refractivity contribution in [1.29, 1.82) is 0 Å². The highest BCUT2D eigenvalue weighted by molar-refractivity contribution is 7.89. The van der Waals surface area contributed by atoms with Gasteiger partial charge >= 0.3 is 5.97 Å². The second kappa shape index (κ2) is 7.53. The molecule has 0 aromatic heterocycles. The monoisotopic (exact) mass is 368 g/mol. The van der Waals surface area contributed by atoms with E-state index in [9.17, 15) is 23.1 Å². The molecule has 138 valence electrons. The van der Waals surface area contributed by atoms with E-state index >= 15 is 0 Å². The number of rotatable bonds is 6. The summed E-state index contributed by atoms with van der Waals surface area (Å²) in [5.41, 5.74) is 0.754. The number of carboxylic acids is 1. The molecule has 0 spiro atoms. The van der Waals surface area contributed by atoms with Crippen molar-refractivity contribution in [1.82, 2.24) is 9.21 Å². The third-order valence-electron chi connectivity index (χ3n) is 4.56. The van der Waals surface area contributed by atoms with Gasteiger partial charge in [0.25, 0.3) is 5.91 Å². The highest BCUT2D eigenvalue weighted by atomic mass is 32.2. The van der Waals surface area contributed by atoms with Crippen molar-refractivity contribution in [2.24, 2.45) is 0 Å². The first-order chi connectivity index (χ1) is 11.7. The van der Waals surface area contributed by atoms with Crippen LogP contribution in [-0.2, 0) is 14.8 Å². The van der Waals surface area contributed by atoms with Crippen molar-refractivity contribution in [2.45, 2.75) is 44.6 Å². The number of hydrogen-bond donors (Lipinski definition) is 1. The largest absolute Gasteiger partial charge is 0.480 e. The summed E-state index contributed by atoms with van der Waals surface area (Å²) in [6.45, 7) is 6.23. The van der Waals surface area contributed by atoms with Crippen LogP contribution in [0.2, 0.25) is 0 Å². The molecule has 2 rings (SSSR count). The van der Waals surface area contributed by atoms with Crippen molar-refractivity contribution in [2.75, 3.05) is 19.6 Å². The number of sulfonamides is 1. The van der Waals surface area contributed by atoms with Gasteiger partial charge in [0.05, 0.1) is 4.90 Å². The average Bonchev–Trinajstić information content (AvgIpc) is 3.05. The zero-order chi connectivity index (χ0) is 18.8. The molecule has 25 heavy (non-hydrogen) atoms. The molecule has 7 nitrogen and oxygen atoms in total. The average molecular weight is 368 g/mol. The van der Waals surface area contributed by atoms with E-state index in [4.69, 9.17) is 0 Å². The Morgan fingerprint density at radius 1 is 1.28 bits per heavy atom. The van der Waals surface area contributed by atoms with Crippen LogP contribution in [0.5, 0.6) is 0 Å². The lowest BCUT2D eigenvalue weighted by Gasteiger charge is -2.23. The first-order valence-corrected chi connectivity index (χ1v) is 9.82. The van der Waals surface area contributed by atoms with E-state index < -0.39 is 27.9 Å². The van der Waals surface area contributed by atoms with Crippen molar-refractivity contribution < 1.29 is 23.1 Å². The summed E-state index contributed by atoms with van der Waals surface area (Å²) < 4.78 is 26.9. The topological polar surface area (TPSA) is 95.0 Å².